The van der Waals surface area contributed by atoms with Gasteiger partial charge in [-0.15, -0.1) is 0 Å². The molecule has 1 N–H and O–H groups in total. The number of aliphatic imine (C=N–C) groups is 2. The van der Waals surface area contributed by atoms with Crippen molar-refractivity contribution in [2.45, 2.75) is 92.2 Å². The number of halogens is 1. The highest BCUT2D eigenvalue weighted by atomic mass is 35.6. The molecule has 0 fully saturated rings. The predicted molar refractivity (Wildman–Crippen MR) is 281 cm³/mol. The van der Waals surface area contributed by atoms with Crippen molar-refractivity contribution in [3.63, 3.8) is 0 Å². The standard InChI is InChI=1S/C28H31NO3Si.C16H19ClSi.C12H13NO3/c1-6-31-27(30)25-20(2)26-21(17-18-29-26)19-24(25)32-33(28(3,4)5,22-13-9-7-10-14-22)23-15-11-8-12-16-23;1-16(2,3)18(17,14-10-6-4-7-11-14)15-12-8-5-9-13-15;1-3-16-12(15)10-7(2)11-8(4-5-13-11)6-9(10)14/h7-16,18-19H,6,17H2,1-5H3;4-13H,1-3H3;5-6,14H,3-4H2,1-2H3. The molecule has 0 atom stereocenters. The second-order valence-corrected chi connectivity index (χ2v) is 28.6. The number of carbonyl (C=O) groups is 2. The Morgan fingerprint density at radius 3 is 1.34 bits per heavy atom. The second kappa shape index (κ2) is 21.3. The van der Waals surface area contributed by atoms with Crippen molar-refractivity contribution in [2.75, 3.05) is 13.2 Å². The number of aromatic hydroxyl groups is 1. The normalized spacial score (nSPS) is 12.8. The Balaban J connectivity index is 0.000000183. The Hall–Kier alpha value is -6.08. The summed E-state index contributed by atoms with van der Waals surface area (Å²) in [5.41, 5.74) is 5.85. The molecule has 2 aliphatic heterocycles. The molecule has 0 unspecified atom stereocenters. The fraction of sp³-hybridized carbons (Fsp3) is 0.286. The lowest BCUT2D eigenvalue weighted by atomic mass is 10.0. The molecule has 0 amide bonds. The van der Waals surface area contributed by atoms with Gasteiger partial charge in [0.15, 0.2) is 0 Å². The van der Waals surface area contributed by atoms with Crippen molar-refractivity contribution >= 4 is 83.3 Å². The van der Waals surface area contributed by atoms with E-state index in [9.17, 15) is 14.7 Å². The van der Waals surface area contributed by atoms with Gasteiger partial charge in [0, 0.05) is 25.3 Å². The van der Waals surface area contributed by atoms with Gasteiger partial charge in [0.2, 0.25) is 7.38 Å². The fourth-order valence-corrected chi connectivity index (χ4v) is 17.6. The quantitative estimate of drug-likeness (QED) is 0.0833. The molecule has 0 saturated carbocycles. The summed E-state index contributed by atoms with van der Waals surface area (Å²) in [6, 6.07) is 45.5. The van der Waals surface area contributed by atoms with E-state index >= 15 is 0 Å². The summed E-state index contributed by atoms with van der Waals surface area (Å²) in [4.78, 5) is 33.5. The smallest absolute Gasteiger partial charge is 0.342 e. The van der Waals surface area contributed by atoms with Crippen LogP contribution < -0.4 is 25.2 Å². The van der Waals surface area contributed by atoms with Crippen molar-refractivity contribution in [1.29, 1.82) is 0 Å². The minimum absolute atomic E-state index is 0.0276. The second-order valence-electron chi connectivity index (χ2n) is 18.7. The lowest BCUT2D eigenvalue weighted by Gasteiger charge is -2.43. The van der Waals surface area contributed by atoms with Crippen LogP contribution >= 0.6 is 11.1 Å². The molecular formula is C56H63ClN2O6Si2. The molecule has 0 aromatic heterocycles. The SMILES string of the molecule is CC(C)(C)[Si](Cl)(c1ccccc1)c1ccccc1.CCOC(=O)c1c(O)cc2c(c1C)N=CC2.CCOC(=O)c1c(O[Si](c2ccccc2)(c2ccccc2)C(C)(C)C)cc2c(c1C)N=CC2. The number of phenols is 1. The van der Waals surface area contributed by atoms with E-state index in [1.807, 2.05) is 50.4 Å². The third-order valence-electron chi connectivity index (χ3n) is 12.3. The first-order chi connectivity index (χ1) is 31.9. The first kappa shape index (κ1) is 50.3. The minimum Gasteiger partial charge on any atom is -0.533 e. The Kier molecular flexibility index (Phi) is 16.0. The molecule has 0 radical (unpaired) electrons. The van der Waals surface area contributed by atoms with Crippen LogP contribution in [0, 0.1) is 13.8 Å². The third-order valence-corrected chi connectivity index (χ3v) is 24.5. The van der Waals surface area contributed by atoms with Gasteiger partial charge >= 0.3 is 20.3 Å². The van der Waals surface area contributed by atoms with Crippen molar-refractivity contribution in [3.05, 3.63) is 167 Å². The number of carbonyl (C=O) groups excluding carboxylic acids is 2. The number of phenolic OH excluding ortho intramolecular Hbond substituents is 1. The van der Waals surface area contributed by atoms with Gasteiger partial charge in [-0.2, -0.15) is 11.1 Å². The molecule has 348 valence electrons. The highest BCUT2D eigenvalue weighted by Crippen LogP contribution is 2.43. The topological polar surface area (TPSA) is 107 Å². The van der Waals surface area contributed by atoms with Crippen LogP contribution in [-0.4, -0.2) is 58.4 Å². The molecule has 8 nitrogen and oxygen atoms in total. The van der Waals surface area contributed by atoms with Crippen molar-refractivity contribution < 1.29 is 28.6 Å². The van der Waals surface area contributed by atoms with E-state index in [1.165, 1.54) is 10.4 Å². The van der Waals surface area contributed by atoms with Crippen LogP contribution in [0.3, 0.4) is 0 Å². The third kappa shape index (κ3) is 10.4. The van der Waals surface area contributed by atoms with E-state index in [4.69, 9.17) is 25.0 Å². The molecule has 6 aromatic carbocycles. The Bertz CT molecular complexity index is 2650. The molecule has 0 spiro atoms. The molecule has 8 rings (SSSR count). The number of esters is 2. The molecule has 0 aliphatic carbocycles. The molecule has 0 bridgehead atoms. The summed E-state index contributed by atoms with van der Waals surface area (Å²) >= 11 is 7.21. The minimum atomic E-state index is -2.89. The zero-order chi connectivity index (χ0) is 48.6. The van der Waals surface area contributed by atoms with Gasteiger partial charge in [-0.1, -0.05) is 163 Å². The van der Waals surface area contributed by atoms with Crippen LogP contribution in [0.25, 0.3) is 0 Å². The fourth-order valence-electron chi connectivity index (χ4n) is 9.02. The van der Waals surface area contributed by atoms with Gasteiger partial charge in [0.1, 0.15) is 22.6 Å². The van der Waals surface area contributed by atoms with Crippen LogP contribution in [0.2, 0.25) is 10.1 Å². The van der Waals surface area contributed by atoms with E-state index in [0.29, 0.717) is 29.9 Å². The maximum Gasteiger partial charge on any atom is 0.342 e. The van der Waals surface area contributed by atoms with Crippen LogP contribution in [-0.2, 0) is 22.3 Å². The highest BCUT2D eigenvalue weighted by Gasteiger charge is 2.53. The van der Waals surface area contributed by atoms with Gasteiger partial charge in [-0.3, -0.25) is 9.98 Å². The van der Waals surface area contributed by atoms with Crippen LogP contribution in [0.1, 0.15) is 98.4 Å². The molecule has 11 heteroatoms. The number of hydrogen-bond donors (Lipinski definition) is 1. The predicted octanol–water partition coefficient (Wildman–Crippen LogP) is 11.3. The van der Waals surface area contributed by atoms with E-state index in [1.54, 1.807) is 26.1 Å². The van der Waals surface area contributed by atoms with Gasteiger partial charge in [0.05, 0.1) is 24.6 Å². The van der Waals surface area contributed by atoms with E-state index in [-0.39, 0.29) is 34.0 Å². The zero-order valence-electron chi connectivity index (χ0n) is 40.4. The van der Waals surface area contributed by atoms with Crippen molar-refractivity contribution in [2.24, 2.45) is 9.98 Å². The lowest BCUT2D eigenvalue weighted by molar-refractivity contribution is 0.0512. The molecule has 6 aromatic rings. The van der Waals surface area contributed by atoms with Crippen molar-refractivity contribution in [1.82, 2.24) is 0 Å². The van der Waals surface area contributed by atoms with E-state index < -0.39 is 21.7 Å². The van der Waals surface area contributed by atoms with Crippen LogP contribution in [0.5, 0.6) is 11.5 Å². The number of benzene rings is 6. The first-order valence-corrected chi connectivity index (χ1v) is 27.8. The Morgan fingerprint density at radius 1 is 0.582 bits per heavy atom. The average molecular weight is 952 g/mol. The monoisotopic (exact) mass is 950 g/mol. The summed E-state index contributed by atoms with van der Waals surface area (Å²) in [6.07, 6.45) is 5.09. The number of rotatable bonds is 10. The molecular weight excluding hydrogens is 888 g/mol. The summed E-state index contributed by atoms with van der Waals surface area (Å²) in [7, 11) is -5.13. The lowest BCUT2D eigenvalue weighted by Crippen LogP contribution is -2.69. The zero-order valence-corrected chi connectivity index (χ0v) is 43.2. The first-order valence-electron chi connectivity index (χ1n) is 22.9. The summed E-state index contributed by atoms with van der Waals surface area (Å²) < 4.78 is 17.6. The summed E-state index contributed by atoms with van der Waals surface area (Å²) in [5, 5.41) is 14.5. The molecule has 67 heavy (non-hydrogen) atoms. The largest absolute Gasteiger partial charge is 0.533 e. The van der Waals surface area contributed by atoms with E-state index in [2.05, 4.69) is 149 Å². The highest BCUT2D eigenvalue weighted by molar-refractivity contribution is 7.35. The Labute approximate surface area is 403 Å². The molecule has 2 aliphatic rings. The average Bonchev–Trinajstić information content (AvgIpc) is 4.00. The maximum absolute atomic E-state index is 13.2. The molecule has 0 saturated heterocycles. The number of nitrogens with zero attached hydrogens (tertiary/aromatic N) is 2. The van der Waals surface area contributed by atoms with Gasteiger partial charge in [-0.05, 0) is 92.9 Å². The number of ether oxygens (including phenoxy) is 2. The van der Waals surface area contributed by atoms with Crippen LogP contribution in [0.4, 0.5) is 11.4 Å². The number of hydrogen-bond acceptors (Lipinski definition) is 8. The van der Waals surface area contributed by atoms with Gasteiger partial charge < -0.3 is 19.0 Å². The maximum atomic E-state index is 13.2. The molecule has 2 heterocycles. The van der Waals surface area contributed by atoms with Crippen LogP contribution in [0.15, 0.2) is 143 Å². The summed E-state index contributed by atoms with van der Waals surface area (Å²) in [5.74, 6) is -0.306. The van der Waals surface area contributed by atoms with Gasteiger partial charge in [-0.25, -0.2) is 9.59 Å². The Morgan fingerprint density at radius 2 is 0.955 bits per heavy atom. The number of fused-ring (bicyclic) bond motifs is 2. The van der Waals surface area contributed by atoms with Crippen molar-refractivity contribution in [3.8, 4) is 11.5 Å². The summed E-state index contributed by atoms with van der Waals surface area (Å²) in [6.45, 7) is 21.3. The van der Waals surface area contributed by atoms with Gasteiger partial charge in [0.25, 0.3) is 0 Å². The van der Waals surface area contributed by atoms with E-state index in [0.717, 1.165) is 44.9 Å².